The summed E-state index contributed by atoms with van der Waals surface area (Å²) in [5.74, 6) is -0.206. The van der Waals surface area contributed by atoms with Crippen LogP contribution in [0.25, 0.3) is 11.0 Å². The summed E-state index contributed by atoms with van der Waals surface area (Å²) in [5, 5.41) is 14.0. The molecule has 34 heavy (non-hydrogen) atoms. The van der Waals surface area contributed by atoms with Gasteiger partial charge in [0.25, 0.3) is 0 Å². The van der Waals surface area contributed by atoms with E-state index in [1.54, 1.807) is 6.07 Å². The average Bonchev–Trinajstić information content (AvgIpc) is 3.21. The third-order valence-electron chi connectivity index (χ3n) is 6.02. The third-order valence-corrected chi connectivity index (χ3v) is 6.02. The van der Waals surface area contributed by atoms with Gasteiger partial charge < -0.3 is 25.0 Å². The number of carboxylic acid groups (broad SMARTS) is 1. The number of rotatable bonds is 9. The Morgan fingerprint density at radius 3 is 2.59 bits per heavy atom. The Bertz CT molecular complexity index is 1060. The number of carboxylic acids is 1. The Morgan fingerprint density at radius 2 is 1.91 bits per heavy atom. The number of carbonyl (C=O) groups is 1. The van der Waals surface area contributed by atoms with Gasteiger partial charge in [-0.15, -0.1) is 24.8 Å². The molecule has 10 heteroatoms. The maximum absolute atomic E-state index is 13.4. The normalized spacial score (nSPS) is 15.4. The van der Waals surface area contributed by atoms with Crippen LogP contribution < -0.4 is 10.5 Å². The van der Waals surface area contributed by atoms with Crippen molar-refractivity contribution in [2.75, 3.05) is 26.2 Å². The van der Waals surface area contributed by atoms with Gasteiger partial charge in [0, 0.05) is 23.9 Å². The molecule has 0 amide bonds. The number of halogens is 3. The smallest absolute Gasteiger partial charge is 0.320 e. The van der Waals surface area contributed by atoms with Crippen LogP contribution >= 0.6 is 24.8 Å². The predicted molar refractivity (Wildman–Crippen MR) is 133 cm³/mol. The first-order valence-electron chi connectivity index (χ1n) is 11.0. The molecule has 1 atom stereocenters. The number of aliphatic carboxylic acids is 1. The lowest BCUT2D eigenvalue weighted by atomic mass is 9.91. The van der Waals surface area contributed by atoms with Crippen LogP contribution in [0.5, 0.6) is 5.75 Å². The van der Waals surface area contributed by atoms with E-state index in [0.29, 0.717) is 24.5 Å². The number of fused-ring (bicyclic) bond motifs is 1. The maximum Gasteiger partial charge on any atom is 0.320 e. The number of nitrogens with two attached hydrogens (primary N) is 1. The minimum Gasteiger partial charge on any atom is -0.494 e. The van der Waals surface area contributed by atoms with Gasteiger partial charge in [0.05, 0.1) is 12.3 Å². The van der Waals surface area contributed by atoms with Crippen molar-refractivity contribution >= 4 is 41.8 Å². The van der Waals surface area contributed by atoms with E-state index >= 15 is 0 Å². The van der Waals surface area contributed by atoms with Crippen molar-refractivity contribution in [3.05, 3.63) is 59.5 Å². The van der Waals surface area contributed by atoms with E-state index < -0.39 is 12.0 Å². The second kappa shape index (κ2) is 12.9. The van der Waals surface area contributed by atoms with Crippen molar-refractivity contribution in [2.24, 2.45) is 5.73 Å². The molecule has 3 N–H and O–H groups in total. The lowest BCUT2D eigenvalue weighted by Crippen LogP contribution is -2.34. The predicted octanol–water partition coefficient (Wildman–Crippen LogP) is 4.41. The molecule has 0 radical (unpaired) electrons. The number of likely N-dealkylation sites (tertiary alicyclic amines) is 1. The Hall–Kier alpha value is -2.39. The molecule has 1 aliphatic rings. The van der Waals surface area contributed by atoms with Gasteiger partial charge in [0.15, 0.2) is 5.58 Å². The van der Waals surface area contributed by atoms with Gasteiger partial charge in [-0.05, 0) is 68.6 Å². The number of nitrogens with zero attached hydrogens (tertiary/aromatic N) is 2. The summed E-state index contributed by atoms with van der Waals surface area (Å²) in [5.41, 5.74) is 7.89. The first-order chi connectivity index (χ1) is 15.5. The minimum absolute atomic E-state index is 0. The van der Waals surface area contributed by atoms with Gasteiger partial charge in [-0.2, -0.15) is 0 Å². The molecular weight excluding hydrogens is 484 g/mol. The summed E-state index contributed by atoms with van der Waals surface area (Å²) in [6.45, 7) is 3.55. The number of benzene rings is 2. The van der Waals surface area contributed by atoms with E-state index in [2.05, 4.69) is 10.1 Å². The molecule has 2 aromatic carbocycles. The van der Waals surface area contributed by atoms with Crippen molar-refractivity contribution in [3.8, 4) is 5.75 Å². The highest BCUT2D eigenvalue weighted by atomic mass is 35.5. The number of aromatic nitrogens is 1. The maximum atomic E-state index is 13.4. The molecule has 3 aromatic rings. The lowest BCUT2D eigenvalue weighted by Gasteiger charge is -2.31. The van der Waals surface area contributed by atoms with Crippen molar-refractivity contribution < 1.29 is 23.6 Å². The van der Waals surface area contributed by atoms with Crippen molar-refractivity contribution in [3.63, 3.8) is 0 Å². The van der Waals surface area contributed by atoms with E-state index in [4.69, 9.17) is 20.1 Å². The second-order valence-electron chi connectivity index (χ2n) is 8.32. The Kier molecular flexibility index (Phi) is 10.6. The zero-order valence-corrected chi connectivity index (χ0v) is 20.3. The van der Waals surface area contributed by atoms with E-state index in [0.717, 1.165) is 61.3 Å². The summed E-state index contributed by atoms with van der Waals surface area (Å²) in [6, 6.07) is 11.1. The van der Waals surface area contributed by atoms with Gasteiger partial charge in [-0.3, -0.25) is 4.79 Å². The van der Waals surface area contributed by atoms with Gasteiger partial charge in [-0.1, -0.05) is 17.3 Å². The van der Waals surface area contributed by atoms with Crippen LogP contribution in [0.1, 0.15) is 36.4 Å². The molecule has 2 heterocycles. The molecule has 0 aliphatic carbocycles. The Labute approximate surface area is 210 Å². The van der Waals surface area contributed by atoms with Crippen LogP contribution in [-0.4, -0.2) is 53.4 Å². The number of ether oxygens (including phenoxy) is 1. The highest BCUT2D eigenvalue weighted by Crippen LogP contribution is 2.32. The molecule has 1 aliphatic heterocycles. The fraction of sp³-hybridized carbons (Fsp3) is 0.417. The van der Waals surface area contributed by atoms with E-state index in [1.165, 1.54) is 12.1 Å². The first kappa shape index (κ1) is 27.9. The van der Waals surface area contributed by atoms with Crippen LogP contribution in [0.2, 0.25) is 0 Å². The third kappa shape index (κ3) is 7.06. The fourth-order valence-electron chi connectivity index (χ4n) is 4.20. The highest BCUT2D eigenvalue weighted by Gasteiger charge is 2.25. The standard InChI is InChI=1S/C24H28FN3O4.2ClH/c25-18-4-7-20-22(15-18)32-27-23(20)17-8-11-28(12-9-17)10-1-13-31-19-5-2-16(3-6-19)14-21(26)24(29)30;;/h2-7,15,17,21H,1,8-14,26H2,(H,29,30);2*1H/t21-;;/m0../s1. The molecule has 0 saturated carbocycles. The Morgan fingerprint density at radius 1 is 1.21 bits per heavy atom. The summed E-state index contributed by atoms with van der Waals surface area (Å²) >= 11 is 0. The molecule has 1 saturated heterocycles. The molecule has 186 valence electrons. The van der Waals surface area contributed by atoms with Crippen LogP contribution in [0, 0.1) is 5.82 Å². The molecule has 0 bridgehead atoms. The second-order valence-corrected chi connectivity index (χ2v) is 8.32. The van der Waals surface area contributed by atoms with Crippen molar-refractivity contribution in [1.29, 1.82) is 0 Å². The summed E-state index contributed by atoms with van der Waals surface area (Å²) in [7, 11) is 0. The summed E-state index contributed by atoms with van der Waals surface area (Å²) in [4.78, 5) is 13.3. The van der Waals surface area contributed by atoms with E-state index in [1.807, 2.05) is 24.3 Å². The largest absolute Gasteiger partial charge is 0.494 e. The molecule has 1 fully saturated rings. The van der Waals surface area contributed by atoms with Gasteiger partial charge >= 0.3 is 5.97 Å². The van der Waals surface area contributed by atoms with Gasteiger partial charge in [-0.25, -0.2) is 4.39 Å². The fourth-order valence-corrected chi connectivity index (χ4v) is 4.20. The summed E-state index contributed by atoms with van der Waals surface area (Å²) < 4.78 is 24.5. The van der Waals surface area contributed by atoms with E-state index in [-0.39, 0.29) is 30.6 Å². The molecule has 0 unspecified atom stereocenters. The highest BCUT2D eigenvalue weighted by molar-refractivity contribution is 5.85. The van der Waals surface area contributed by atoms with Gasteiger partial charge in [0.1, 0.15) is 17.6 Å². The zero-order valence-electron chi connectivity index (χ0n) is 18.7. The topological polar surface area (TPSA) is 102 Å². The van der Waals surface area contributed by atoms with E-state index in [9.17, 15) is 9.18 Å². The van der Waals surface area contributed by atoms with Crippen LogP contribution in [0.4, 0.5) is 4.39 Å². The van der Waals surface area contributed by atoms with Crippen molar-refractivity contribution in [2.45, 2.75) is 37.6 Å². The quantitative estimate of drug-likeness (QED) is 0.408. The summed E-state index contributed by atoms with van der Waals surface area (Å²) in [6.07, 6.45) is 3.22. The van der Waals surface area contributed by atoms with Gasteiger partial charge in [0.2, 0.25) is 0 Å². The molecule has 1 aromatic heterocycles. The van der Waals surface area contributed by atoms with Crippen LogP contribution in [0.15, 0.2) is 47.0 Å². The lowest BCUT2D eigenvalue weighted by molar-refractivity contribution is -0.138. The van der Waals surface area contributed by atoms with Crippen LogP contribution in [-0.2, 0) is 11.2 Å². The Balaban J connectivity index is 0.00000204. The molecule has 4 rings (SSSR count). The van der Waals surface area contributed by atoms with Crippen LogP contribution in [0.3, 0.4) is 0 Å². The number of hydrogen-bond acceptors (Lipinski definition) is 6. The average molecular weight is 514 g/mol. The SMILES string of the molecule is Cl.Cl.N[C@@H](Cc1ccc(OCCCN2CCC(c3noc4cc(F)ccc34)CC2)cc1)C(=O)O. The molecule has 7 nitrogen and oxygen atoms in total. The minimum atomic E-state index is -1.00. The number of hydrogen-bond donors (Lipinski definition) is 2. The molecular formula is C24H30Cl2FN3O4. The molecule has 0 spiro atoms. The monoisotopic (exact) mass is 513 g/mol. The first-order valence-corrected chi connectivity index (χ1v) is 11.0. The zero-order chi connectivity index (χ0) is 22.5. The van der Waals surface area contributed by atoms with Crippen molar-refractivity contribution in [1.82, 2.24) is 10.1 Å². The number of piperidine rings is 1.